The van der Waals surface area contributed by atoms with Crippen LogP contribution in [0.5, 0.6) is 0 Å². The second-order valence-corrected chi connectivity index (χ2v) is 6.70. The Bertz CT molecular complexity index is 603. The fourth-order valence-corrected chi connectivity index (χ4v) is 3.03. The van der Waals surface area contributed by atoms with Gasteiger partial charge in [0, 0.05) is 0 Å². The molecule has 0 unspecified atom stereocenters. The first kappa shape index (κ1) is 12.8. The summed E-state index contributed by atoms with van der Waals surface area (Å²) in [5.41, 5.74) is 5.35. The topological polar surface area (TPSA) is 3.24 Å². The van der Waals surface area contributed by atoms with Crippen LogP contribution in [0.25, 0.3) is 6.08 Å². The molecule has 96 valence electrons. The zero-order chi connectivity index (χ0) is 13.2. The van der Waals surface area contributed by atoms with Crippen molar-refractivity contribution < 1.29 is 19.4 Å². The van der Waals surface area contributed by atoms with E-state index in [1.165, 1.54) is 65.2 Å². The molecule has 19 heavy (non-hydrogen) atoms. The third-order valence-electron chi connectivity index (χ3n) is 3.58. The molecule has 1 aromatic carbocycles. The fraction of sp³-hybridized carbons (Fsp3) is 0.235. The van der Waals surface area contributed by atoms with E-state index < -0.39 is 0 Å². The molecule has 0 bridgehead atoms. The van der Waals surface area contributed by atoms with Crippen LogP contribution < -0.4 is 0 Å². The molecule has 2 heteroatoms. The molecule has 0 saturated carbocycles. The second-order valence-electron chi connectivity index (χ2n) is 5.12. The average Bonchev–Trinajstić information content (AvgIpc) is 2.31. The third-order valence-corrected chi connectivity index (χ3v) is 4.91. The summed E-state index contributed by atoms with van der Waals surface area (Å²) in [5.74, 6) is 0. The molecule has 0 amide bonds. The molecule has 0 radical (unpaired) electrons. The summed E-state index contributed by atoms with van der Waals surface area (Å²) >= 11 is 1.53. The van der Waals surface area contributed by atoms with Gasteiger partial charge in [-0.25, -0.2) is 0 Å². The standard InChI is InChI=1S/C17H17N.W/c1-14-5-2-6-15(11-14)12-16-7-3-8-17(13-16)18-9-4-10-18;/h2-3,5-6,8,11-13H,4,9-10H2,1H3;. The number of aryl methyl sites for hydroxylation is 1. The van der Waals surface area contributed by atoms with Gasteiger partial charge in [0.1, 0.15) is 0 Å². The Hall–Kier alpha value is -1.20. The van der Waals surface area contributed by atoms with Crippen molar-refractivity contribution in [3.63, 3.8) is 0 Å². The van der Waals surface area contributed by atoms with Crippen LogP contribution >= 0.6 is 0 Å². The van der Waals surface area contributed by atoms with Gasteiger partial charge in [-0.3, -0.25) is 0 Å². The molecular formula is C17H17NW. The van der Waals surface area contributed by atoms with Crippen molar-refractivity contribution in [3.05, 3.63) is 64.9 Å². The minimum absolute atomic E-state index is 1.21. The van der Waals surface area contributed by atoms with Crippen LogP contribution in [-0.2, 0) is 19.4 Å². The number of hydrogen-bond acceptors (Lipinski definition) is 1. The van der Waals surface area contributed by atoms with Gasteiger partial charge in [0.25, 0.3) is 0 Å². The van der Waals surface area contributed by atoms with Gasteiger partial charge < -0.3 is 0 Å². The summed E-state index contributed by atoms with van der Waals surface area (Å²) in [5, 5.41) is 0. The number of hydrogen-bond donors (Lipinski definition) is 0. The summed E-state index contributed by atoms with van der Waals surface area (Å²) in [6.07, 6.45) is 10.5. The zero-order valence-electron chi connectivity index (χ0n) is 11.1. The Morgan fingerprint density at radius 3 is 2.74 bits per heavy atom. The summed E-state index contributed by atoms with van der Waals surface area (Å²) in [6, 6.07) is 8.69. The molecule has 1 saturated heterocycles. The molecule has 3 rings (SSSR count). The van der Waals surface area contributed by atoms with Crippen molar-refractivity contribution in [3.8, 4) is 0 Å². The summed E-state index contributed by atoms with van der Waals surface area (Å²) in [6.45, 7) is 4.56. The normalized spacial score (nSPS) is 20.5. The Morgan fingerprint density at radius 1 is 1.21 bits per heavy atom. The number of rotatable bonds is 2. The van der Waals surface area contributed by atoms with E-state index in [2.05, 4.69) is 60.4 Å². The molecule has 1 fully saturated rings. The van der Waals surface area contributed by atoms with Gasteiger partial charge in [0.05, 0.1) is 0 Å². The number of nitrogens with zero attached hydrogens (tertiary/aromatic N) is 1. The van der Waals surface area contributed by atoms with Crippen molar-refractivity contribution in [2.24, 2.45) is 0 Å². The van der Waals surface area contributed by atoms with Crippen LogP contribution in [0, 0.1) is 6.92 Å². The SMILES string of the molecule is Cc1cccc(C=C2C=C(N3CCC3)C=C[C]2=[W])c1. The molecule has 1 nitrogen and oxygen atoms in total. The van der Waals surface area contributed by atoms with Crippen LogP contribution in [0.15, 0.2) is 53.8 Å². The van der Waals surface area contributed by atoms with E-state index in [0.717, 1.165) is 0 Å². The van der Waals surface area contributed by atoms with Crippen LogP contribution in [0.1, 0.15) is 17.5 Å². The molecule has 1 aromatic rings. The van der Waals surface area contributed by atoms with E-state index in [0.29, 0.717) is 0 Å². The monoisotopic (exact) mass is 419 g/mol. The van der Waals surface area contributed by atoms with E-state index in [-0.39, 0.29) is 0 Å². The molecule has 0 atom stereocenters. The van der Waals surface area contributed by atoms with E-state index >= 15 is 0 Å². The van der Waals surface area contributed by atoms with E-state index in [4.69, 9.17) is 0 Å². The van der Waals surface area contributed by atoms with Crippen LogP contribution in [0.2, 0.25) is 0 Å². The predicted octanol–water partition coefficient (Wildman–Crippen LogP) is 3.26. The van der Waals surface area contributed by atoms with E-state index in [1.54, 1.807) is 0 Å². The maximum atomic E-state index is 2.45. The Morgan fingerprint density at radius 2 is 2.05 bits per heavy atom. The third kappa shape index (κ3) is 2.87. The van der Waals surface area contributed by atoms with Crippen molar-refractivity contribution in [2.75, 3.05) is 13.1 Å². The van der Waals surface area contributed by atoms with E-state index in [1.807, 2.05) is 0 Å². The molecule has 0 spiro atoms. The van der Waals surface area contributed by atoms with Gasteiger partial charge in [-0.1, -0.05) is 0 Å². The molecule has 2 aliphatic rings. The predicted molar refractivity (Wildman–Crippen MR) is 77.6 cm³/mol. The summed E-state index contributed by atoms with van der Waals surface area (Å²) in [4.78, 5) is 2.45. The van der Waals surface area contributed by atoms with Gasteiger partial charge in [-0.15, -0.1) is 0 Å². The Kier molecular flexibility index (Phi) is 3.66. The van der Waals surface area contributed by atoms with Crippen molar-refractivity contribution in [2.45, 2.75) is 13.3 Å². The molecule has 1 aliphatic carbocycles. The second kappa shape index (κ2) is 5.43. The average molecular weight is 419 g/mol. The van der Waals surface area contributed by atoms with Gasteiger partial charge in [-0.05, 0) is 0 Å². The maximum absolute atomic E-state index is 2.45. The van der Waals surface area contributed by atoms with Gasteiger partial charge in [0.2, 0.25) is 0 Å². The van der Waals surface area contributed by atoms with Gasteiger partial charge in [-0.2, -0.15) is 0 Å². The molecular weight excluding hydrogens is 402 g/mol. The Balaban J connectivity index is 1.91. The van der Waals surface area contributed by atoms with Crippen LogP contribution in [-0.4, -0.2) is 21.9 Å². The summed E-state index contributed by atoms with van der Waals surface area (Å²) in [7, 11) is 0. The van der Waals surface area contributed by atoms with Gasteiger partial charge >= 0.3 is 126 Å². The first-order chi connectivity index (χ1) is 9.22. The first-order valence-electron chi connectivity index (χ1n) is 6.70. The van der Waals surface area contributed by atoms with Crippen molar-refractivity contribution in [1.82, 2.24) is 4.90 Å². The molecule has 0 aromatic heterocycles. The zero-order valence-corrected chi connectivity index (χ0v) is 14.0. The van der Waals surface area contributed by atoms with Crippen LogP contribution in [0.4, 0.5) is 0 Å². The first-order valence-corrected chi connectivity index (χ1v) is 8.16. The molecule has 1 heterocycles. The van der Waals surface area contributed by atoms with Crippen molar-refractivity contribution in [1.29, 1.82) is 0 Å². The molecule has 0 N–H and O–H groups in total. The van der Waals surface area contributed by atoms with Crippen molar-refractivity contribution >= 4 is 9.97 Å². The number of likely N-dealkylation sites (tertiary alicyclic amines) is 1. The fourth-order valence-electron chi connectivity index (χ4n) is 2.36. The quantitative estimate of drug-likeness (QED) is 0.712. The number of benzene rings is 1. The Labute approximate surface area is 125 Å². The number of allylic oxidation sites excluding steroid dienone is 4. The van der Waals surface area contributed by atoms with Crippen LogP contribution in [0.3, 0.4) is 0 Å². The molecule has 1 aliphatic heterocycles. The van der Waals surface area contributed by atoms with E-state index in [9.17, 15) is 0 Å². The summed E-state index contributed by atoms with van der Waals surface area (Å²) < 4.78 is 1.42. The minimum atomic E-state index is 1.21. The van der Waals surface area contributed by atoms with Gasteiger partial charge in [0.15, 0.2) is 0 Å².